The maximum absolute atomic E-state index is 5.77. The van der Waals surface area contributed by atoms with E-state index in [1.807, 2.05) is 24.3 Å². The number of rotatable bonds is 5. The average molecular weight is 299 g/mol. The summed E-state index contributed by atoms with van der Waals surface area (Å²) in [7, 11) is 1.65. The number of para-hydroxylation sites is 1. The molecular formula is C17H21N3O2. The van der Waals surface area contributed by atoms with Crippen molar-refractivity contribution in [3.8, 4) is 22.9 Å². The van der Waals surface area contributed by atoms with Gasteiger partial charge in [0.25, 0.3) is 0 Å². The fourth-order valence-electron chi connectivity index (χ4n) is 2.62. The molecule has 5 heteroatoms. The molecule has 2 aromatic rings. The molecule has 5 nitrogen and oxygen atoms in total. The summed E-state index contributed by atoms with van der Waals surface area (Å²) in [5, 5.41) is 3.46. The van der Waals surface area contributed by atoms with Crippen LogP contribution < -0.4 is 14.8 Å². The highest BCUT2D eigenvalue weighted by Gasteiger charge is 2.13. The molecule has 1 aromatic heterocycles. The molecule has 1 unspecified atom stereocenters. The van der Waals surface area contributed by atoms with Crippen LogP contribution >= 0.6 is 0 Å². The molecule has 3 rings (SSSR count). The highest BCUT2D eigenvalue weighted by atomic mass is 16.5. The second kappa shape index (κ2) is 7.22. The lowest BCUT2D eigenvalue weighted by Gasteiger charge is -2.23. The lowest BCUT2D eigenvalue weighted by molar-refractivity contribution is 0.237. The number of hydrogen-bond donors (Lipinski definition) is 1. The van der Waals surface area contributed by atoms with Gasteiger partial charge in [0, 0.05) is 6.04 Å². The molecule has 2 heterocycles. The van der Waals surface area contributed by atoms with E-state index in [0.717, 1.165) is 17.9 Å². The normalized spacial score (nSPS) is 18.0. The Hall–Kier alpha value is -2.14. The maximum Gasteiger partial charge on any atom is 0.163 e. The smallest absolute Gasteiger partial charge is 0.163 e. The number of hydrogen-bond acceptors (Lipinski definition) is 5. The van der Waals surface area contributed by atoms with Crippen LogP contribution in [0, 0.1) is 0 Å². The summed E-state index contributed by atoms with van der Waals surface area (Å²) in [5.41, 5.74) is 0.880. The summed E-state index contributed by atoms with van der Waals surface area (Å²) < 4.78 is 11.1. The van der Waals surface area contributed by atoms with E-state index in [2.05, 4.69) is 15.3 Å². The average Bonchev–Trinajstić information content (AvgIpc) is 2.61. The van der Waals surface area contributed by atoms with Gasteiger partial charge in [0.2, 0.25) is 0 Å². The molecule has 0 spiro atoms. The Bertz CT molecular complexity index is 595. The van der Waals surface area contributed by atoms with E-state index in [4.69, 9.17) is 9.47 Å². The van der Waals surface area contributed by atoms with Crippen LogP contribution in [0.25, 0.3) is 11.4 Å². The Kier molecular flexibility index (Phi) is 4.85. The number of nitrogens with one attached hydrogen (secondary N) is 1. The minimum Gasteiger partial charge on any atom is -0.496 e. The number of benzene rings is 1. The van der Waals surface area contributed by atoms with E-state index >= 15 is 0 Å². The third-order valence-electron chi connectivity index (χ3n) is 3.84. The molecule has 1 fully saturated rings. The highest BCUT2D eigenvalue weighted by molar-refractivity contribution is 5.63. The van der Waals surface area contributed by atoms with Crippen molar-refractivity contribution in [1.29, 1.82) is 0 Å². The summed E-state index contributed by atoms with van der Waals surface area (Å²) in [6, 6.07) is 8.15. The Labute approximate surface area is 130 Å². The van der Waals surface area contributed by atoms with Crippen LogP contribution in [-0.2, 0) is 0 Å². The molecule has 0 amide bonds. The molecular weight excluding hydrogens is 278 g/mol. The highest BCUT2D eigenvalue weighted by Crippen LogP contribution is 2.27. The fraction of sp³-hybridized carbons (Fsp3) is 0.412. The molecule has 22 heavy (non-hydrogen) atoms. The van der Waals surface area contributed by atoms with E-state index in [0.29, 0.717) is 24.2 Å². The summed E-state index contributed by atoms with van der Waals surface area (Å²) in [6.07, 6.45) is 7.13. The van der Waals surface area contributed by atoms with Crippen molar-refractivity contribution in [3.05, 3.63) is 36.7 Å². The first-order chi connectivity index (χ1) is 10.9. The fourth-order valence-corrected chi connectivity index (χ4v) is 2.62. The molecule has 1 aliphatic rings. The zero-order valence-corrected chi connectivity index (χ0v) is 12.8. The van der Waals surface area contributed by atoms with Crippen LogP contribution in [0.2, 0.25) is 0 Å². The third-order valence-corrected chi connectivity index (χ3v) is 3.84. The molecule has 116 valence electrons. The summed E-state index contributed by atoms with van der Waals surface area (Å²) in [6.45, 7) is 1.74. The first kappa shape index (κ1) is 14.8. The van der Waals surface area contributed by atoms with Gasteiger partial charge in [0.05, 0.1) is 25.1 Å². The molecule has 1 atom stereocenters. The number of aromatic nitrogens is 2. The molecule has 0 aliphatic carbocycles. The molecule has 1 saturated heterocycles. The van der Waals surface area contributed by atoms with Crippen LogP contribution in [0.4, 0.5) is 0 Å². The van der Waals surface area contributed by atoms with Gasteiger partial charge in [0.1, 0.15) is 12.4 Å². The van der Waals surface area contributed by atoms with Gasteiger partial charge in [-0.25, -0.2) is 9.97 Å². The van der Waals surface area contributed by atoms with Gasteiger partial charge in [-0.2, -0.15) is 0 Å². The number of piperidine rings is 1. The van der Waals surface area contributed by atoms with Crippen LogP contribution in [0.3, 0.4) is 0 Å². The summed E-state index contributed by atoms with van der Waals surface area (Å²) in [5.74, 6) is 2.11. The SMILES string of the molecule is COc1ccccc1-c1ncc(OCC2CCCCN2)cn1. The van der Waals surface area contributed by atoms with Crippen molar-refractivity contribution in [3.63, 3.8) is 0 Å². The van der Waals surface area contributed by atoms with Crippen molar-refractivity contribution in [2.24, 2.45) is 0 Å². The van der Waals surface area contributed by atoms with E-state index < -0.39 is 0 Å². The van der Waals surface area contributed by atoms with Crippen molar-refractivity contribution in [1.82, 2.24) is 15.3 Å². The first-order valence-corrected chi connectivity index (χ1v) is 7.68. The second-order valence-corrected chi connectivity index (χ2v) is 5.40. The van der Waals surface area contributed by atoms with Gasteiger partial charge in [-0.1, -0.05) is 18.6 Å². The quantitative estimate of drug-likeness (QED) is 0.920. The predicted octanol–water partition coefficient (Wildman–Crippen LogP) is 2.67. The van der Waals surface area contributed by atoms with E-state index in [1.54, 1.807) is 19.5 Å². The largest absolute Gasteiger partial charge is 0.496 e. The van der Waals surface area contributed by atoms with Gasteiger partial charge >= 0.3 is 0 Å². The van der Waals surface area contributed by atoms with Gasteiger partial charge in [-0.15, -0.1) is 0 Å². The van der Waals surface area contributed by atoms with Gasteiger partial charge in [0.15, 0.2) is 11.6 Å². The lowest BCUT2D eigenvalue weighted by atomic mass is 10.1. The number of ether oxygens (including phenoxy) is 2. The molecule has 1 N–H and O–H groups in total. The minimum atomic E-state index is 0.433. The standard InChI is InChI=1S/C17H21N3O2/c1-21-16-8-3-2-7-15(16)17-19-10-14(11-20-17)22-12-13-6-4-5-9-18-13/h2-3,7-8,10-11,13,18H,4-6,9,12H2,1H3. The number of methoxy groups -OCH3 is 1. The van der Waals surface area contributed by atoms with Crippen molar-refractivity contribution >= 4 is 0 Å². The van der Waals surface area contributed by atoms with Crippen molar-refractivity contribution in [2.75, 3.05) is 20.3 Å². The molecule has 1 aromatic carbocycles. The Morgan fingerprint density at radius 3 is 2.73 bits per heavy atom. The van der Waals surface area contributed by atoms with Crippen LogP contribution in [-0.4, -0.2) is 36.3 Å². The minimum absolute atomic E-state index is 0.433. The predicted molar refractivity (Wildman–Crippen MR) is 85.2 cm³/mol. The molecule has 0 saturated carbocycles. The topological polar surface area (TPSA) is 56.3 Å². The van der Waals surface area contributed by atoms with E-state index in [9.17, 15) is 0 Å². The third kappa shape index (κ3) is 3.54. The first-order valence-electron chi connectivity index (χ1n) is 7.68. The zero-order chi connectivity index (χ0) is 15.2. The maximum atomic E-state index is 5.77. The molecule has 0 bridgehead atoms. The monoisotopic (exact) mass is 299 g/mol. The van der Waals surface area contributed by atoms with Gasteiger partial charge in [-0.3, -0.25) is 0 Å². The Morgan fingerprint density at radius 1 is 1.18 bits per heavy atom. The summed E-state index contributed by atoms with van der Waals surface area (Å²) >= 11 is 0. The van der Waals surface area contributed by atoms with E-state index in [1.165, 1.54) is 19.3 Å². The molecule has 1 aliphatic heterocycles. The van der Waals surface area contributed by atoms with E-state index in [-0.39, 0.29) is 0 Å². The van der Waals surface area contributed by atoms with Crippen molar-refractivity contribution < 1.29 is 9.47 Å². The lowest BCUT2D eigenvalue weighted by Crippen LogP contribution is -2.38. The molecule has 0 radical (unpaired) electrons. The van der Waals surface area contributed by atoms with Crippen molar-refractivity contribution in [2.45, 2.75) is 25.3 Å². The summed E-state index contributed by atoms with van der Waals surface area (Å²) in [4.78, 5) is 8.77. The van der Waals surface area contributed by atoms with Gasteiger partial charge < -0.3 is 14.8 Å². The zero-order valence-electron chi connectivity index (χ0n) is 12.8. The van der Waals surface area contributed by atoms with Gasteiger partial charge in [-0.05, 0) is 31.5 Å². The van der Waals surface area contributed by atoms with Crippen LogP contribution in [0.15, 0.2) is 36.7 Å². The van der Waals surface area contributed by atoms with Crippen LogP contribution in [0.1, 0.15) is 19.3 Å². The number of nitrogens with zero attached hydrogens (tertiary/aromatic N) is 2. The van der Waals surface area contributed by atoms with Crippen LogP contribution in [0.5, 0.6) is 11.5 Å². The second-order valence-electron chi connectivity index (χ2n) is 5.40. The Morgan fingerprint density at radius 2 is 2.00 bits per heavy atom. The Balaban J connectivity index is 1.64.